The molecule has 100 valence electrons. The van der Waals surface area contributed by atoms with E-state index >= 15 is 0 Å². The number of alkyl halides is 3. The Balaban J connectivity index is 2.08. The molecule has 1 saturated carbocycles. The Hall–Kier alpha value is -1.30. The van der Waals surface area contributed by atoms with E-state index in [4.69, 9.17) is 5.73 Å². The van der Waals surface area contributed by atoms with E-state index in [9.17, 15) is 17.6 Å². The van der Waals surface area contributed by atoms with Crippen LogP contribution in [0.15, 0.2) is 18.2 Å². The number of nitrogens with zero attached hydrogens (tertiary/aromatic N) is 1. The van der Waals surface area contributed by atoms with Crippen molar-refractivity contribution in [2.75, 3.05) is 12.3 Å². The van der Waals surface area contributed by atoms with Gasteiger partial charge in [-0.3, -0.25) is 4.90 Å². The number of nitrogens with two attached hydrogens (primary N) is 1. The molecule has 1 aliphatic rings. The van der Waals surface area contributed by atoms with Crippen LogP contribution in [0, 0.1) is 5.82 Å². The Morgan fingerprint density at radius 3 is 2.44 bits per heavy atom. The molecule has 0 radical (unpaired) electrons. The topological polar surface area (TPSA) is 29.3 Å². The molecule has 1 aromatic rings. The van der Waals surface area contributed by atoms with Gasteiger partial charge in [-0.1, -0.05) is 6.07 Å². The third kappa shape index (κ3) is 3.60. The summed E-state index contributed by atoms with van der Waals surface area (Å²) in [6.07, 6.45) is -2.77. The summed E-state index contributed by atoms with van der Waals surface area (Å²) in [6.45, 7) is -1.03. The first-order valence-electron chi connectivity index (χ1n) is 5.70. The summed E-state index contributed by atoms with van der Waals surface area (Å²) in [4.78, 5) is 1.27. The van der Waals surface area contributed by atoms with Crippen molar-refractivity contribution in [1.82, 2.24) is 4.90 Å². The summed E-state index contributed by atoms with van der Waals surface area (Å²) in [5, 5.41) is 0. The zero-order chi connectivity index (χ0) is 13.3. The number of halogens is 4. The third-order valence-corrected chi connectivity index (χ3v) is 2.90. The Kier molecular flexibility index (Phi) is 3.47. The normalized spacial score (nSPS) is 16.3. The summed E-state index contributed by atoms with van der Waals surface area (Å²) in [5.41, 5.74) is 5.92. The molecule has 0 saturated heterocycles. The van der Waals surface area contributed by atoms with E-state index in [0.29, 0.717) is 0 Å². The van der Waals surface area contributed by atoms with E-state index in [-0.39, 0.29) is 23.8 Å². The lowest BCUT2D eigenvalue weighted by atomic mass is 10.1. The zero-order valence-electron chi connectivity index (χ0n) is 9.67. The molecule has 0 amide bonds. The first-order valence-corrected chi connectivity index (χ1v) is 5.70. The molecule has 1 aromatic carbocycles. The van der Waals surface area contributed by atoms with Gasteiger partial charge in [-0.15, -0.1) is 0 Å². The van der Waals surface area contributed by atoms with Gasteiger partial charge in [-0.05, 0) is 25.0 Å². The van der Waals surface area contributed by atoms with Gasteiger partial charge in [0.2, 0.25) is 0 Å². The molecule has 0 heterocycles. The lowest BCUT2D eigenvalue weighted by molar-refractivity contribution is -0.148. The smallest absolute Gasteiger partial charge is 0.399 e. The number of hydrogen-bond acceptors (Lipinski definition) is 2. The average molecular weight is 262 g/mol. The van der Waals surface area contributed by atoms with Gasteiger partial charge in [0.05, 0.1) is 6.54 Å². The maximum absolute atomic E-state index is 13.5. The van der Waals surface area contributed by atoms with Crippen LogP contribution in [0.25, 0.3) is 0 Å². The molecule has 0 bridgehead atoms. The van der Waals surface area contributed by atoms with Crippen molar-refractivity contribution in [3.05, 3.63) is 29.6 Å². The number of benzene rings is 1. The molecule has 2 rings (SSSR count). The maximum atomic E-state index is 13.5. The average Bonchev–Trinajstić information content (AvgIpc) is 3.02. The monoisotopic (exact) mass is 262 g/mol. The van der Waals surface area contributed by atoms with Gasteiger partial charge < -0.3 is 5.73 Å². The van der Waals surface area contributed by atoms with Crippen LogP contribution >= 0.6 is 0 Å². The fourth-order valence-corrected chi connectivity index (χ4v) is 1.89. The van der Waals surface area contributed by atoms with Crippen LogP contribution in [0.2, 0.25) is 0 Å². The van der Waals surface area contributed by atoms with Crippen LogP contribution in [-0.4, -0.2) is 23.7 Å². The largest absolute Gasteiger partial charge is 0.401 e. The molecule has 1 aliphatic carbocycles. The highest BCUT2D eigenvalue weighted by molar-refractivity contribution is 5.40. The minimum absolute atomic E-state index is 0.0315. The Bertz CT molecular complexity index is 427. The SMILES string of the molecule is Nc1ccc(CN(CC(F)(F)F)C2CC2)c(F)c1. The highest BCUT2D eigenvalue weighted by Crippen LogP contribution is 2.31. The van der Waals surface area contributed by atoms with Crippen LogP contribution < -0.4 is 5.73 Å². The van der Waals surface area contributed by atoms with E-state index < -0.39 is 18.5 Å². The van der Waals surface area contributed by atoms with Crippen LogP contribution in [0.5, 0.6) is 0 Å². The lowest BCUT2D eigenvalue weighted by Gasteiger charge is -2.23. The second kappa shape index (κ2) is 4.76. The minimum Gasteiger partial charge on any atom is -0.399 e. The van der Waals surface area contributed by atoms with Crippen molar-refractivity contribution in [2.24, 2.45) is 0 Å². The maximum Gasteiger partial charge on any atom is 0.401 e. The van der Waals surface area contributed by atoms with Crippen LogP contribution in [0.3, 0.4) is 0 Å². The Morgan fingerprint density at radius 1 is 1.28 bits per heavy atom. The molecule has 0 spiro atoms. The summed E-state index contributed by atoms with van der Waals surface area (Å²) >= 11 is 0. The van der Waals surface area contributed by atoms with Crippen molar-refractivity contribution in [2.45, 2.75) is 31.6 Å². The van der Waals surface area contributed by atoms with Gasteiger partial charge in [0.15, 0.2) is 0 Å². The summed E-state index contributed by atoms with van der Waals surface area (Å²) in [6, 6.07) is 3.99. The van der Waals surface area contributed by atoms with Gasteiger partial charge in [0, 0.05) is 23.8 Å². The van der Waals surface area contributed by atoms with Gasteiger partial charge in [0.25, 0.3) is 0 Å². The first kappa shape index (κ1) is 13.1. The molecular weight excluding hydrogens is 248 g/mol. The second-order valence-electron chi connectivity index (χ2n) is 4.60. The van der Waals surface area contributed by atoms with Crippen LogP contribution in [0.4, 0.5) is 23.2 Å². The van der Waals surface area contributed by atoms with E-state index in [0.717, 1.165) is 18.9 Å². The zero-order valence-corrected chi connectivity index (χ0v) is 9.67. The highest BCUT2D eigenvalue weighted by Gasteiger charge is 2.38. The van der Waals surface area contributed by atoms with Crippen molar-refractivity contribution in [3.63, 3.8) is 0 Å². The predicted octanol–water partition coefficient (Wildman–Crippen LogP) is 2.93. The van der Waals surface area contributed by atoms with E-state index in [1.165, 1.54) is 17.0 Å². The van der Waals surface area contributed by atoms with E-state index in [2.05, 4.69) is 0 Å². The fraction of sp³-hybridized carbons (Fsp3) is 0.500. The van der Waals surface area contributed by atoms with Crippen molar-refractivity contribution >= 4 is 5.69 Å². The van der Waals surface area contributed by atoms with Gasteiger partial charge >= 0.3 is 6.18 Å². The number of rotatable bonds is 4. The molecular formula is C12H14F4N2. The first-order chi connectivity index (χ1) is 8.35. The molecule has 0 aliphatic heterocycles. The van der Waals surface area contributed by atoms with E-state index in [1.54, 1.807) is 0 Å². The van der Waals surface area contributed by atoms with Crippen LogP contribution in [-0.2, 0) is 6.54 Å². The van der Waals surface area contributed by atoms with Crippen molar-refractivity contribution in [3.8, 4) is 0 Å². The summed E-state index contributed by atoms with van der Waals surface area (Å²) in [7, 11) is 0. The number of nitrogen functional groups attached to an aromatic ring is 1. The van der Waals surface area contributed by atoms with Gasteiger partial charge in [-0.2, -0.15) is 13.2 Å². The predicted molar refractivity (Wildman–Crippen MR) is 60.3 cm³/mol. The van der Waals surface area contributed by atoms with Crippen molar-refractivity contribution < 1.29 is 17.6 Å². The van der Waals surface area contributed by atoms with E-state index in [1.807, 2.05) is 0 Å². The third-order valence-electron chi connectivity index (χ3n) is 2.90. The molecule has 6 heteroatoms. The van der Waals surface area contributed by atoms with Crippen molar-refractivity contribution in [1.29, 1.82) is 0 Å². The quantitative estimate of drug-likeness (QED) is 0.667. The molecule has 0 atom stereocenters. The second-order valence-corrected chi connectivity index (χ2v) is 4.60. The molecule has 2 nitrogen and oxygen atoms in total. The van der Waals surface area contributed by atoms with Gasteiger partial charge in [-0.25, -0.2) is 4.39 Å². The summed E-state index contributed by atoms with van der Waals surface area (Å²) < 4.78 is 50.8. The Morgan fingerprint density at radius 2 is 1.94 bits per heavy atom. The molecule has 0 unspecified atom stereocenters. The number of hydrogen-bond donors (Lipinski definition) is 1. The molecule has 2 N–H and O–H groups in total. The van der Waals surface area contributed by atoms with Crippen LogP contribution in [0.1, 0.15) is 18.4 Å². The molecule has 18 heavy (non-hydrogen) atoms. The highest BCUT2D eigenvalue weighted by atomic mass is 19.4. The summed E-state index contributed by atoms with van der Waals surface area (Å²) in [5.74, 6) is -0.553. The molecule has 1 fully saturated rings. The minimum atomic E-state index is -4.26. The fourth-order valence-electron chi connectivity index (χ4n) is 1.89. The number of anilines is 1. The standard InChI is InChI=1S/C12H14F4N2/c13-11-5-9(17)2-1-8(11)6-18(10-3-4-10)7-12(14,15)16/h1-2,5,10H,3-4,6-7,17H2. The molecule has 0 aromatic heterocycles. The Labute approximate surface area is 102 Å². The van der Waals surface area contributed by atoms with Gasteiger partial charge in [0.1, 0.15) is 5.82 Å². The lowest BCUT2D eigenvalue weighted by Crippen LogP contribution is -2.35.